The van der Waals surface area contributed by atoms with E-state index in [0.717, 1.165) is 16.9 Å². The lowest BCUT2D eigenvalue weighted by molar-refractivity contribution is 0.0951. The third-order valence-corrected chi connectivity index (χ3v) is 6.80. The summed E-state index contributed by atoms with van der Waals surface area (Å²) in [5.74, 6) is 0.992. The van der Waals surface area contributed by atoms with Gasteiger partial charge in [-0.15, -0.1) is 11.3 Å². The van der Waals surface area contributed by atoms with Crippen LogP contribution in [0.3, 0.4) is 0 Å². The fourth-order valence-electron chi connectivity index (χ4n) is 2.56. The number of thiophene rings is 1. The molecule has 1 aromatic heterocycles. The van der Waals surface area contributed by atoms with E-state index < -0.39 is 10.0 Å². The van der Waals surface area contributed by atoms with Gasteiger partial charge in [-0.05, 0) is 53.4 Å². The number of amides is 1. The molecule has 0 atom stereocenters. The van der Waals surface area contributed by atoms with Crippen LogP contribution in [0.25, 0.3) is 0 Å². The number of ether oxygens (including phenoxy) is 2. The van der Waals surface area contributed by atoms with Crippen molar-refractivity contribution in [3.8, 4) is 11.5 Å². The lowest BCUT2D eigenvalue weighted by atomic mass is 10.1. The fraction of sp³-hybridized carbons (Fsp3) is 0.150. The zero-order chi connectivity index (χ0) is 20.9. The average molecular weight is 433 g/mol. The highest BCUT2D eigenvalue weighted by atomic mass is 32.2. The maximum Gasteiger partial charge on any atom is 0.271 e. The van der Waals surface area contributed by atoms with Crippen molar-refractivity contribution in [1.82, 2.24) is 5.32 Å². The standard InChI is InChI=1S/C20H20N2O5S2/c1-26-17-10-14(11-18(12-17)27-2)13-21-20(23)15-5-7-16(8-6-15)22-29(24,25)19-4-3-9-28-19/h3-12,22H,13H2,1-2H3,(H,21,23). The van der Waals surface area contributed by atoms with Gasteiger partial charge < -0.3 is 14.8 Å². The number of sulfonamides is 1. The van der Waals surface area contributed by atoms with Gasteiger partial charge in [-0.1, -0.05) is 6.07 Å². The van der Waals surface area contributed by atoms with Gasteiger partial charge in [-0.2, -0.15) is 0 Å². The summed E-state index contributed by atoms with van der Waals surface area (Å²) in [5.41, 5.74) is 1.63. The minimum absolute atomic E-state index is 0.230. The number of methoxy groups -OCH3 is 2. The van der Waals surface area contributed by atoms with Gasteiger partial charge in [0.25, 0.3) is 15.9 Å². The number of nitrogens with one attached hydrogen (secondary N) is 2. The van der Waals surface area contributed by atoms with Crippen LogP contribution in [0.2, 0.25) is 0 Å². The van der Waals surface area contributed by atoms with Crippen LogP contribution >= 0.6 is 11.3 Å². The van der Waals surface area contributed by atoms with Gasteiger partial charge in [0.15, 0.2) is 0 Å². The molecule has 7 nitrogen and oxygen atoms in total. The molecule has 0 aliphatic carbocycles. The molecular formula is C20H20N2O5S2. The molecular weight excluding hydrogens is 412 g/mol. The molecule has 2 N–H and O–H groups in total. The largest absolute Gasteiger partial charge is 0.497 e. The van der Waals surface area contributed by atoms with Crippen LogP contribution in [-0.4, -0.2) is 28.5 Å². The highest BCUT2D eigenvalue weighted by Gasteiger charge is 2.15. The van der Waals surface area contributed by atoms with Crippen molar-refractivity contribution in [2.45, 2.75) is 10.8 Å². The Morgan fingerprint density at radius 1 is 1.00 bits per heavy atom. The molecule has 29 heavy (non-hydrogen) atoms. The van der Waals surface area contributed by atoms with Gasteiger partial charge in [0, 0.05) is 23.9 Å². The molecule has 2 aromatic carbocycles. The van der Waals surface area contributed by atoms with E-state index >= 15 is 0 Å². The van der Waals surface area contributed by atoms with Crippen molar-refractivity contribution >= 4 is 33.0 Å². The van der Waals surface area contributed by atoms with Crippen LogP contribution in [0, 0.1) is 0 Å². The van der Waals surface area contributed by atoms with E-state index in [-0.39, 0.29) is 10.1 Å². The number of rotatable bonds is 8. The summed E-state index contributed by atoms with van der Waals surface area (Å²) in [5, 5.41) is 4.52. The highest BCUT2D eigenvalue weighted by molar-refractivity contribution is 7.94. The molecule has 1 amide bonds. The van der Waals surface area contributed by atoms with E-state index in [1.54, 1.807) is 56.0 Å². The van der Waals surface area contributed by atoms with Crippen LogP contribution in [0.1, 0.15) is 15.9 Å². The Morgan fingerprint density at radius 3 is 2.21 bits per heavy atom. The van der Waals surface area contributed by atoms with E-state index in [1.807, 2.05) is 12.1 Å². The minimum atomic E-state index is -3.62. The van der Waals surface area contributed by atoms with Crippen molar-refractivity contribution in [1.29, 1.82) is 0 Å². The Bertz CT molecular complexity index is 1060. The van der Waals surface area contributed by atoms with E-state index in [9.17, 15) is 13.2 Å². The second kappa shape index (κ2) is 8.97. The Kier molecular flexibility index (Phi) is 6.40. The molecule has 0 radical (unpaired) electrons. The molecule has 1 heterocycles. The second-order valence-corrected chi connectivity index (χ2v) is 8.88. The van der Waals surface area contributed by atoms with Crippen molar-refractivity contribution in [3.05, 3.63) is 71.1 Å². The smallest absolute Gasteiger partial charge is 0.271 e. The quantitative estimate of drug-likeness (QED) is 0.568. The summed E-state index contributed by atoms with van der Waals surface area (Å²) in [6.45, 7) is 0.291. The number of hydrogen-bond donors (Lipinski definition) is 2. The molecule has 0 aliphatic rings. The van der Waals surface area contributed by atoms with Gasteiger partial charge in [-0.3, -0.25) is 9.52 Å². The molecule has 0 aliphatic heterocycles. The maximum atomic E-state index is 12.4. The zero-order valence-corrected chi connectivity index (χ0v) is 17.5. The molecule has 152 valence electrons. The predicted molar refractivity (Wildman–Crippen MR) is 112 cm³/mol. The zero-order valence-electron chi connectivity index (χ0n) is 15.8. The van der Waals surface area contributed by atoms with E-state index in [1.165, 1.54) is 6.07 Å². The maximum absolute atomic E-state index is 12.4. The minimum Gasteiger partial charge on any atom is -0.497 e. The lowest BCUT2D eigenvalue weighted by Crippen LogP contribution is -2.22. The van der Waals surface area contributed by atoms with Gasteiger partial charge in [0.1, 0.15) is 15.7 Å². The Balaban J connectivity index is 1.64. The first-order valence-corrected chi connectivity index (χ1v) is 10.9. The second-order valence-electron chi connectivity index (χ2n) is 6.02. The fourth-order valence-corrected chi connectivity index (χ4v) is 4.62. The SMILES string of the molecule is COc1cc(CNC(=O)c2ccc(NS(=O)(=O)c3cccs3)cc2)cc(OC)c1. The Labute approximate surface area is 173 Å². The number of hydrogen-bond acceptors (Lipinski definition) is 6. The lowest BCUT2D eigenvalue weighted by Gasteiger charge is -2.10. The highest BCUT2D eigenvalue weighted by Crippen LogP contribution is 2.23. The van der Waals surface area contributed by atoms with Crippen molar-refractivity contribution < 1.29 is 22.7 Å². The summed E-state index contributed by atoms with van der Waals surface area (Å²) in [6, 6.07) is 14.8. The van der Waals surface area contributed by atoms with Gasteiger partial charge in [0.2, 0.25) is 0 Å². The Hall–Kier alpha value is -3.04. The first-order chi connectivity index (χ1) is 13.9. The van der Waals surface area contributed by atoms with Crippen LogP contribution in [0.4, 0.5) is 5.69 Å². The van der Waals surface area contributed by atoms with Crippen LogP contribution in [-0.2, 0) is 16.6 Å². The van der Waals surface area contributed by atoms with Crippen LogP contribution in [0.5, 0.6) is 11.5 Å². The number of carbonyl (C=O) groups is 1. The monoisotopic (exact) mass is 432 g/mol. The molecule has 3 aromatic rings. The number of carbonyl (C=O) groups excluding carboxylic acids is 1. The van der Waals surface area contributed by atoms with Gasteiger partial charge in [-0.25, -0.2) is 8.42 Å². The van der Waals surface area contributed by atoms with Crippen molar-refractivity contribution in [2.24, 2.45) is 0 Å². The molecule has 0 fully saturated rings. The van der Waals surface area contributed by atoms with E-state index in [4.69, 9.17) is 9.47 Å². The number of benzene rings is 2. The summed E-state index contributed by atoms with van der Waals surface area (Å²) < 4.78 is 37.7. The van der Waals surface area contributed by atoms with Crippen molar-refractivity contribution in [3.63, 3.8) is 0 Å². The van der Waals surface area contributed by atoms with Crippen LogP contribution in [0.15, 0.2) is 64.2 Å². The molecule has 0 unspecified atom stereocenters. The summed E-state index contributed by atoms with van der Waals surface area (Å²) in [6.07, 6.45) is 0. The van der Waals surface area contributed by atoms with Gasteiger partial charge >= 0.3 is 0 Å². The van der Waals surface area contributed by atoms with Crippen LogP contribution < -0.4 is 19.5 Å². The molecule has 3 rings (SSSR count). The predicted octanol–water partition coefficient (Wildman–Crippen LogP) is 3.50. The molecule has 0 saturated heterocycles. The summed E-state index contributed by atoms with van der Waals surface area (Å²) in [7, 11) is -0.497. The molecule has 0 spiro atoms. The first-order valence-electron chi connectivity index (χ1n) is 8.58. The average Bonchev–Trinajstić information content (AvgIpc) is 3.28. The molecule has 0 bridgehead atoms. The third kappa shape index (κ3) is 5.27. The normalized spacial score (nSPS) is 11.0. The topological polar surface area (TPSA) is 93.7 Å². The number of anilines is 1. The van der Waals surface area contributed by atoms with E-state index in [2.05, 4.69) is 10.0 Å². The first kappa shape index (κ1) is 20.7. The third-order valence-electron chi connectivity index (χ3n) is 4.02. The summed E-state index contributed by atoms with van der Waals surface area (Å²) >= 11 is 1.13. The Morgan fingerprint density at radius 2 is 1.66 bits per heavy atom. The van der Waals surface area contributed by atoms with E-state index in [0.29, 0.717) is 29.3 Å². The summed E-state index contributed by atoms with van der Waals surface area (Å²) in [4.78, 5) is 12.4. The van der Waals surface area contributed by atoms with Gasteiger partial charge in [0.05, 0.1) is 14.2 Å². The molecule has 9 heteroatoms. The molecule has 0 saturated carbocycles. The van der Waals surface area contributed by atoms with Crippen molar-refractivity contribution in [2.75, 3.05) is 18.9 Å².